The SMILES string of the molecule is C#CCOc1ccc(/C=C2\C(=O)N(C)C(=S)N2C)cc1OCC. The van der Waals surface area contributed by atoms with E-state index in [4.69, 9.17) is 28.1 Å². The fourth-order valence-electron chi connectivity index (χ4n) is 2.17. The van der Waals surface area contributed by atoms with Gasteiger partial charge >= 0.3 is 0 Å². The van der Waals surface area contributed by atoms with Gasteiger partial charge in [0.05, 0.1) is 6.61 Å². The lowest BCUT2D eigenvalue weighted by Crippen LogP contribution is -2.26. The standard InChI is InChI=1S/C17H18N2O3S/c1-5-9-22-14-8-7-12(11-15(14)21-6-2)10-13-16(20)19(4)17(23)18(13)3/h1,7-8,10-11H,6,9H2,2-4H3/b13-10+. The smallest absolute Gasteiger partial charge is 0.276 e. The van der Waals surface area contributed by atoms with Crippen LogP contribution in [0.3, 0.4) is 0 Å². The zero-order valence-electron chi connectivity index (χ0n) is 13.3. The Labute approximate surface area is 141 Å². The molecule has 1 heterocycles. The molecule has 120 valence electrons. The van der Waals surface area contributed by atoms with Crippen molar-refractivity contribution < 1.29 is 14.3 Å². The van der Waals surface area contributed by atoms with Crippen molar-refractivity contribution in [2.75, 3.05) is 27.3 Å². The summed E-state index contributed by atoms with van der Waals surface area (Å²) in [5, 5.41) is 0.472. The minimum atomic E-state index is -0.136. The van der Waals surface area contributed by atoms with Gasteiger partial charge in [0.2, 0.25) is 0 Å². The summed E-state index contributed by atoms with van der Waals surface area (Å²) in [5.41, 5.74) is 1.33. The predicted octanol–water partition coefficient (Wildman–Crippen LogP) is 2.13. The van der Waals surface area contributed by atoms with Crippen LogP contribution in [0.15, 0.2) is 23.9 Å². The molecule has 1 aliphatic rings. The average Bonchev–Trinajstić information content (AvgIpc) is 2.72. The summed E-state index contributed by atoms with van der Waals surface area (Å²) in [4.78, 5) is 15.3. The van der Waals surface area contributed by atoms with E-state index in [1.54, 1.807) is 31.1 Å². The topological polar surface area (TPSA) is 42.0 Å². The van der Waals surface area contributed by atoms with Gasteiger partial charge in [-0.1, -0.05) is 12.0 Å². The molecule has 5 nitrogen and oxygen atoms in total. The van der Waals surface area contributed by atoms with Gasteiger partial charge in [-0.3, -0.25) is 9.69 Å². The summed E-state index contributed by atoms with van der Waals surface area (Å²) in [5.74, 6) is 3.44. The molecule has 23 heavy (non-hydrogen) atoms. The number of hydrogen-bond acceptors (Lipinski definition) is 4. The van der Waals surface area contributed by atoms with Crippen LogP contribution >= 0.6 is 12.2 Å². The Morgan fingerprint density at radius 1 is 1.26 bits per heavy atom. The van der Waals surface area contributed by atoms with E-state index in [1.165, 1.54) is 4.90 Å². The van der Waals surface area contributed by atoms with Gasteiger partial charge in [-0.25, -0.2) is 0 Å². The Hall–Kier alpha value is -2.52. The normalized spacial score (nSPS) is 16.0. The molecular weight excluding hydrogens is 312 g/mol. The first-order valence-electron chi connectivity index (χ1n) is 7.10. The zero-order chi connectivity index (χ0) is 17.0. The number of carbonyl (C=O) groups is 1. The van der Waals surface area contributed by atoms with Crippen molar-refractivity contribution in [3.8, 4) is 23.8 Å². The van der Waals surface area contributed by atoms with Gasteiger partial charge in [0.1, 0.15) is 12.3 Å². The predicted molar refractivity (Wildman–Crippen MR) is 93.0 cm³/mol. The van der Waals surface area contributed by atoms with E-state index in [9.17, 15) is 4.79 Å². The van der Waals surface area contributed by atoms with Gasteiger partial charge < -0.3 is 14.4 Å². The maximum atomic E-state index is 12.2. The largest absolute Gasteiger partial charge is 0.490 e. The first-order valence-corrected chi connectivity index (χ1v) is 7.51. The molecule has 1 fully saturated rings. The lowest BCUT2D eigenvalue weighted by Gasteiger charge is -2.12. The fraction of sp³-hybridized carbons (Fsp3) is 0.294. The maximum absolute atomic E-state index is 12.2. The molecule has 1 saturated heterocycles. The van der Waals surface area contributed by atoms with Gasteiger partial charge in [-0.2, -0.15) is 0 Å². The van der Waals surface area contributed by atoms with Crippen LogP contribution in [0.4, 0.5) is 0 Å². The van der Waals surface area contributed by atoms with E-state index in [1.807, 2.05) is 19.1 Å². The first-order chi connectivity index (χ1) is 11.0. The average molecular weight is 330 g/mol. The Kier molecular flexibility index (Phi) is 5.24. The molecule has 1 aromatic carbocycles. The zero-order valence-corrected chi connectivity index (χ0v) is 14.1. The third kappa shape index (κ3) is 3.46. The molecule has 0 atom stereocenters. The second kappa shape index (κ2) is 7.16. The number of carbonyl (C=O) groups excluding carboxylic acids is 1. The van der Waals surface area contributed by atoms with Gasteiger partial charge in [-0.15, -0.1) is 6.42 Å². The van der Waals surface area contributed by atoms with Crippen LogP contribution in [0, 0.1) is 12.3 Å². The van der Waals surface area contributed by atoms with Gasteiger partial charge in [0.25, 0.3) is 5.91 Å². The lowest BCUT2D eigenvalue weighted by molar-refractivity contribution is -0.121. The molecule has 0 aliphatic carbocycles. The van der Waals surface area contributed by atoms with E-state index < -0.39 is 0 Å². The number of likely N-dealkylation sites (N-methyl/N-ethyl adjacent to an activating group) is 2. The van der Waals surface area contributed by atoms with Crippen molar-refractivity contribution in [2.45, 2.75) is 6.92 Å². The monoisotopic (exact) mass is 330 g/mol. The van der Waals surface area contributed by atoms with Crippen LogP contribution < -0.4 is 9.47 Å². The molecule has 6 heteroatoms. The molecule has 0 radical (unpaired) electrons. The minimum absolute atomic E-state index is 0.136. The first kappa shape index (κ1) is 16.8. The summed E-state index contributed by atoms with van der Waals surface area (Å²) >= 11 is 5.20. The van der Waals surface area contributed by atoms with Crippen molar-refractivity contribution in [3.05, 3.63) is 29.5 Å². The van der Waals surface area contributed by atoms with Crippen LogP contribution in [0.1, 0.15) is 12.5 Å². The summed E-state index contributed by atoms with van der Waals surface area (Å²) in [6.07, 6.45) is 6.98. The third-order valence-corrected chi connectivity index (χ3v) is 3.89. The van der Waals surface area contributed by atoms with Crippen molar-refractivity contribution >= 4 is 29.3 Å². The molecule has 1 amide bonds. The molecule has 0 spiro atoms. The highest BCUT2D eigenvalue weighted by Gasteiger charge is 2.32. The van der Waals surface area contributed by atoms with Crippen LogP contribution in [0.25, 0.3) is 6.08 Å². The molecule has 0 bridgehead atoms. The summed E-state index contributed by atoms with van der Waals surface area (Å²) in [7, 11) is 3.42. The third-order valence-electron chi connectivity index (χ3n) is 3.34. The van der Waals surface area contributed by atoms with Crippen molar-refractivity contribution in [3.63, 3.8) is 0 Å². The number of nitrogens with zero attached hydrogens (tertiary/aromatic N) is 2. The van der Waals surface area contributed by atoms with E-state index >= 15 is 0 Å². The molecule has 2 rings (SSSR count). The van der Waals surface area contributed by atoms with Gasteiger partial charge in [0.15, 0.2) is 16.6 Å². The highest BCUT2D eigenvalue weighted by Crippen LogP contribution is 2.30. The molecule has 0 unspecified atom stereocenters. The number of terminal acetylenes is 1. The van der Waals surface area contributed by atoms with Gasteiger partial charge in [0, 0.05) is 14.1 Å². The molecule has 0 saturated carbocycles. The Bertz CT molecular complexity index is 706. The molecule has 0 aromatic heterocycles. The Morgan fingerprint density at radius 2 is 2.00 bits per heavy atom. The van der Waals surface area contributed by atoms with E-state index in [-0.39, 0.29) is 12.5 Å². The highest BCUT2D eigenvalue weighted by atomic mass is 32.1. The molecule has 1 aromatic rings. The lowest BCUT2D eigenvalue weighted by atomic mass is 10.1. The Morgan fingerprint density at radius 3 is 2.57 bits per heavy atom. The number of benzene rings is 1. The second-order valence-electron chi connectivity index (χ2n) is 4.87. The summed E-state index contributed by atoms with van der Waals surface area (Å²) in [6, 6.07) is 5.42. The number of ether oxygens (including phenoxy) is 2. The van der Waals surface area contributed by atoms with Crippen molar-refractivity contribution in [1.29, 1.82) is 0 Å². The number of thiocarbonyl (C=S) groups is 1. The van der Waals surface area contributed by atoms with Crippen LogP contribution in [0.5, 0.6) is 11.5 Å². The van der Waals surface area contributed by atoms with Crippen LogP contribution in [-0.4, -0.2) is 48.1 Å². The summed E-state index contributed by atoms with van der Waals surface area (Å²) in [6.45, 7) is 2.55. The summed E-state index contributed by atoms with van der Waals surface area (Å²) < 4.78 is 11.0. The fourth-order valence-corrected chi connectivity index (χ4v) is 2.35. The quantitative estimate of drug-likeness (QED) is 0.470. The second-order valence-corrected chi connectivity index (χ2v) is 5.23. The van der Waals surface area contributed by atoms with Crippen molar-refractivity contribution in [2.24, 2.45) is 0 Å². The van der Waals surface area contributed by atoms with Gasteiger partial charge in [-0.05, 0) is 42.9 Å². The highest BCUT2D eigenvalue weighted by molar-refractivity contribution is 7.80. The van der Waals surface area contributed by atoms with E-state index in [0.29, 0.717) is 28.9 Å². The Balaban J connectivity index is 2.35. The molecule has 1 aliphatic heterocycles. The molecular formula is C17H18N2O3S. The van der Waals surface area contributed by atoms with Crippen molar-refractivity contribution in [1.82, 2.24) is 9.80 Å². The number of hydrogen-bond donors (Lipinski definition) is 0. The van der Waals surface area contributed by atoms with E-state index in [0.717, 1.165) is 5.56 Å². The minimum Gasteiger partial charge on any atom is -0.490 e. The number of amides is 1. The molecule has 0 N–H and O–H groups in total. The van der Waals surface area contributed by atoms with Crippen LogP contribution in [0.2, 0.25) is 0 Å². The maximum Gasteiger partial charge on any atom is 0.276 e. The van der Waals surface area contributed by atoms with Crippen LogP contribution in [-0.2, 0) is 4.79 Å². The number of rotatable bonds is 5. The van der Waals surface area contributed by atoms with E-state index in [2.05, 4.69) is 5.92 Å².